The summed E-state index contributed by atoms with van der Waals surface area (Å²) in [4.78, 5) is 22.3. The smallest absolute Gasteiger partial charge is 0.251 e. The van der Waals surface area contributed by atoms with Crippen molar-refractivity contribution >= 4 is 33.3 Å². The van der Waals surface area contributed by atoms with E-state index in [1.807, 2.05) is 24.3 Å². The Morgan fingerprint density at radius 1 is 1.29 bits per heavy atom. The second kappa shape index (κ2) is 7.35. The van der Waals surface area contributed by atoms with Crippen molar-refractivity contribution in [3.05, 3.63) is 52.7 Å². The highest BCUT2D eigenvalue weighted by Gasteiger charge is 2.10. The Bertz CT molecular complexity index is 865. The number of hydrogen-bond donors (Lipinski definition) is 4. The van der Waals surface area contributed by atoms with E-state index >= 15 is 0 Å². The SMILES string of the molecule is NNc1ncnc2sc(Cc3cccc(C(=O)NCCO)c3)cc12. The first kappa shape index (κ1) is 16.3. The van der Waals surface area contributed by atoms with Gasteiger partial charge in [0.05, 0.1) is 12.0 Å². The van der Waals surface area contributed by atoms with Crippen LogP contribution in [0.1, 0.15) is 20.8 Å². The third kappa shape index (κ3) is 3.51. The molecule has 0 atom stereocenters. The lowest BCUT2D eigenvalue weighted by Gasteiger charge is -2.05. The zero-order chi connectivity index (χ0) is 16.9. The van der Waals surface area contributed by atoms with E-state index in [4.69, 9.17) is 10.9 Å². The van der Waals surface area contributed by atoms with Gasteiger partial charge in [0.25, 0.3) is 5.91 Å². The second-order valence-electron chi connectivity index (χ2n) is 5.15. The van der Waals surface area contributed by atoms with Crippen LogP contribution < -0.4 is 16.6 Å². The van der Waals surface area contributed by atoms with Crippen LogP contribution in [-0.4, -0.2) is 34.1 Å². The van der Waals surface area contributed by atoms with Crippen molar-refractivity contribution in [2.75, 3.05) is 18.6 Å². The minimum absolute atomic E-state index is 0.0776. The Morgan fingerprint density at radius 2 is 2.17 bits per heavy atom. The molecule has 0 saturated heterocycles. The number of carbonyl (C=O) groups is 1. The van der Waals surface area contributed by atoms with E-state index in [0.29, 0.717) is 17.8 Å². The molecule has 0 aliphatic carbocycles. The maximum atomic E-state index is 12.0. The van der Waals surface area contributed by atoms with Gasteiger partial charge < -0.3 is 15.8 Å². The number of rotatable bonds is 6. The van der Waals surface area contributed by atoms with Gasteiger partial charge in [0.15, 0.2) is 5.82 Å². The predicted octanol–water partition coefficient (Wildman–Crippen LogP) is 1.29. The molecule has 2 aromatic heterocycles. The van der Waals surface area contributed by atoms with E-state index in [2.05, 4.69) is 20.7 Å². The number of fused-ring (bicyclic) bond motifs is 1. The fourth-order valence-corrected chi connectivity index (χ4v) is 3.43. The molecule has 0 bridgehead atoms. The minimum atomic E-state index is -0.192. The zero-order valence-corrected chi connectivity index (χ0v) is 13.6. The number of amides is 1. The van der Waals surface area contributed by atoms with E-state index < -0.39 is 0 Å². The number of hydrogen-bond acceptors (Lipinski definition) is 7. The lowest BCUT2D eigenvalue weighted by Crippen LogP contribution is -2.26. The topological polar surface area (TPSA) is 113 Å². The number of nitrogens with two attached hydrogens (primary N) is 1. The zero-order valence-electron chi connectivity index (χ0n) is 12.8. The van der Waals surface area contributed by atoms with E-state index in [9.17, 15) is 4.79 Å². The van der Waals surface area contributed by atoms with Crippen molar-refractivity contribution in [3.63, 3.8) is 0 Å². The molecule has 0 spiro atoms. The summed E-state index contributed by atoms with van der Waals surface area (Å²) >= 11 is 1.57. The highest BCUT2D eigenvalue weighted by atomic mass is 32.1. The molecule has 1 amide bonds. The Kier molecular flexibility index (Phi) is 4.99. The van der Waals surface area contributed by atoms with Crippen LogP contribution in [0.3, 0.4) is 0 Å². The molecule has 0 saturated carbocycles. The molecule has 24 heavy (non-hydrogen) atoms. The fourth-order valence-electron chi connectivity index (χ4n) is 2.40. The molecule has 3 aromatic rings. The second-order valence-corrected chi connectivity index (χ2v) is 6.27. The summed E-state index contributed by atoms with van der Waals surface area (Å²) in [5, 5.41) is 12.3. The molecule has 0 radical (unpaired) electrons. The van der Waals surface area contributed by atoms with E-state index in [1.165, 1.54) is 6.33 Å². The number of nitrogens with one attached hydrogen (secondary N) is 2. The Morgan fingerprint density at radius 3 is 2.96 bits per heavy atom. The normalized spacial score (nSPS) is 10.8. The Balaban J connectivity index is 1.82. The number of anilines is 1. The van der Waals surface area contributed by atoms with Crippen molar-refractivity contribution in [1.82, 2.24) is 15.3 Å². The molecule has 1 aromatic carbocycles. The average molecular weight is 343 g/mol. The summed E-state index contributed by atoms with van der Waals surface area (Å²) in [6.07, 6.45) is 2.16. The standard InChI is InChI=1S/C16H17N5O2S/c17-21-14-13-8-12(24-16(13)20-9-19-14)7-10-2-1-3-11(6-10)15(23)18-4-5-22/h1-3,6,8-9,22H,4-5,7,17H2,(H,18,23)(H,19,20,21). The number of nitrogen functional groups attached to an aromatic ring is 1. The summed E-state index contributed by atoms with van der Waals surface area (Å²) in [5.41, 5.74) is 4.17. The molecule has 8 heteroatoms. The van der Waals surface area contributed by atoms with Crippen LogP contribution >= 0.6 is 11.3 Å². The maximum Gasteiger partial charge on any atom is 0.251 e. The summed E-state index contributed by atoms with van der Waals surface area (Å²) < 4.78 is 0. The lowest BCUT2D eigenvalue weighted by atomic mass is 10.1. The van der Waals surface area contributed by atoms with E-state index in [-0.39, 0.29) is 19.1 Å². The minimum Gasteiger partial charge on any atom is -0.395 e. The number of carbonyl (C=O) groups excluding carboxylic acids is 1. The monoisotopic (exact) mass is 343 g/mol. The summed E-state index contributed by atoms with van der Waals surface area (Å²) in [5.74, 6) is 5.88. The Hall–Kier alpha value is -2.55. The largest absolute Gasteiger partial charge is 0.395 e. The molecule has 0 aliphatic heterocycles. The van der Waals surface area contributed by atoms with Gasteiger partial charge >= 0.3 is 0 Å². The van der Waals surface area contributed by atoms with Crippen molar-refractivity contribution in [2.45, 2.75) is 6.42 Å². The molecule has 0 unspecified atom stereocenters. The molecular weight excluding hydrogens is 326 g/mol. The van der Waals surface area contributed by atoms with Gasteiger partial charge in [-0.2, -0.15) is 0 Å². The van der Waals surface area contributed by atoms with Crippen molar-refractivity contribution in [3.8, 4) is 0 Å². The number of aliphatic hydroxyl groups excluding tert-OH is 1. The number of aromatic nitrogens is 2. The van der Waals surface area contributed by atoms with Crippen LogP contribution in [0.25, 0.3) is 10.2 Å². The maximum absolute atomic E-state index is 12.0. The first-order chi connectivity index (χ1) is 11.7. The van der Waals surface area contributed by atoms with Crippen LogP contribution in [0.5, 0.6) is 0 Å². The highest BCUT2D eigenvalue weighted by Crippen LogP contribution is 2.29. The van der Waals surface area contributed by atoms with E-state index in [0.717, 1.165) is 20.7 Å². The van der Waals surface area contributed by atoms with Gasteiger partial charge in [0.2, 0.25) is 0 Å². The third-order valence-electron chi connectivity index (χ3n) is 3.48. The molecule has 3 rings (SSSR count). The van der Waals surface area contributed by atoms with Gasteiger partial charge in [-0.15, -0.1) is 11.3 Å². The van der Waals surface area contributed by atoms with Crippen molar-refractivity contribution < 1.29 is 9.90 Å². The van der Waals surface area contributed by atoms with Gasteiger partial charge in [-0.05, 0) is 23.8 Å². The van der Waals surface area contributed by atoms with Crippen LogP contribution in [0.2, 0.25) is 0 Å². The highest BCUT2D eigenvalue weighted by molar-refractivity contribution is 7.18. The number of aliphatic hydroxyl groups is 1. The fraction of sp³-hybridized carbons (Fsp3) is 0.188. The van der Waals surface area contributed by atoms with Gasteiger partial charge in [0, 0.05) is 23.4 Å². The van der Waals surface area contributed by atoms with Gasteiger partial charge in [-0.25, -0.2) is 15.8 Å². The summed E-state index contributed by atoms with van der Waals surface area (Å²) in [6, 6.07) is 9.44. The van der Waals surface area contributed by atoms with Gasteiger partial charge in [0.1, 0.15) is 11.2 Å². The summed E-state index contributed by atoms with van der Waals surface area (Å²) in [7, 11) is 0. The Labute approximate surface area is 142 Å². The lowest BCUT2D eigenvalue weighted by molar-refractivity contribution is 0.0944. The number of hydrazine groups is 1. The molecule has 0 aliphatic rings. The number of thiophene rings is 1. The van der Waals surface area contributed by atoms with Crippen LogP contribution in [0, 0.1) is 0 Å². The first-order valence-corrected chi connectivity index (χ1v) is 8.21. The molecular formula is C16H17N5O2S. The van der Waals surface area contributed by atoms with Crippen molar-refractivity contribution in [2.24, 2.45) is 5.84 Å². The third-order valence-corrected chi connectivity index (χ3v) is 4.53. The molecule has 2 heterocycles. The molecule has 7 nitrogen and oxygen atoms in total. The van der Waals surface area contributed by atoms with Crippen LogP contribution in [0.4, 0.5) is 5.82 Å². The van der Waals surface area contributed by atoms with Crippen LogP contribution in [0.15, 0.2) is 36.7 Å². The number of nitrogens with zero attached hydrogens (tertiary/aromatic N) is 2. The number of benzene rings is 1. The van der Waals surface area contributed by atoms with Gasteiger partial charge in [-0.1, -0.05) is 12.1 Å². The predicted molar refractivity (Wildman–Crippen MR) is 93.9 cm³/mol. The molecule has 0 fully saturated rings. The molecule has 124 valence electrons. The van der Waals surface area contributed by atoms with E-state index in [1.54, 1.807) is 17.4 Å². The summed E-state index contributed by atoms with van der Waals surface area (Å²) in [6.45, 7) is 0.165. The quantitative estimate of drug-likeness (QED) is 0.396. The molecule has 5 N–H and O–H groups in total. The van der Waals surface area contributed by atoms with Gasteiger partial charge in [-0.3, -0.25) is 4.79 Å². The van der Waals surface area contributed by atoms with Crippen molar-refractivity contribution in [1.29, 1.82) is 0 Å². The average Bonchev–Trinajstić information content (AvgIpc) is 3.02. The first-order valence-electron chi connectivity index (χ1n) is 7.39. The van der Waals surface area contributed by atoms with Crippen LogP contribution in [-0.2, 0) is 6.42 Å².